The molecule has 0 radical (unpaired) electrons. The Morgan fingerprint density at radius 1 is 1.30 bits per heavy atom. The Kier molecular flexibility index (Phi) is 7.89. The molecule has 0 aliphatic carbocycles. The van der Waals surface area contributed by atoms with Crippen LogP contribution in [-0.4, -0.2) is 31.8 Å². The van der Waals surface area contributed by atoms with Crippen LogP contribution in [0.3, 0.4) is 0 Å². The first-order valence-corrected chi connectivity index (χ1v) is 10.6. The molecule has 1 amide bonds. The Hall–Kier alpha value is -2.55. The molecule has 0 aliphatic heterocycles. The van der Waals surface area contributed by atoms with Crippen molar-refractivity contribution in [2.45, 2.75) is 67.0 Å². The molecule has 0 bridgehead atoms. The molecule has 2 aromatic rings. The van der Waals surface area contributed by atoms with Crippen LogP contribution in [0.15, 0.2) is 9.59 Å². The van der Waals surface area contributed by atoms with Gasteiger partial charge in [-0.1, -0.05) is 38.8 Å². The second kappa shape index (κ2) is 9.97. The summed E-state index contributed by atoms with van der Waals surface area (Å²) in [6.45, 7) is 10.2. The van der Waals surface area contributed by atoms with Gasteiger partial charge in [0.1, 0.15) is 12.4 Å². The normalized spacial score (nSPS) is 11.3. The summed E-state index contributed by atoms with van der Waals surface area (Å²) in [4.78, 5) is 41.8. The van der Waals surface area contributed by atoms with E-state index >= 15 is 0 Å². The fraction of sp³-hybridized carbons (Fsp3) is 0.600. The molecule has 2 rings (SSSR count). The molecule has 0 aromatic carbocycles. The van der Waals surface area contributed by atoms with Crippen molar-refractivity contribution in [2.24, 2.45) is 5.92 Å². The van der Waals surface area contributed by atoms with E-state index in [1.54, 1.807) is 13.8 Å². The predicted octanol–water partition coefficient (Wildman–Crippen LogP) is 2.46. The predicted molar refractivity (Wildman–Crippen MR) is 119 cm³/mol. The SMILES string of the molecule is CCCCn1c(N)c(N(CCC(C)C)C(=O)Cn2nc(C)c(Cl)c2C)c(=O)[nH]c1=O. The highest BCUT2D eigenvalue weighted by atomic mass is 35.5. The monoisotopic (exact) mass is 438 g/mol. The van der Waals surface area contributed by atoms with Gasteiger partial charge in [0.2, 0.25) is 5.91 Å². The van der Waals surface area contributed by atoms with Crippen LogP contribution >= 0.6 is 11.6 Å². The number of aromatic nitrogens is 4. The minimum Gasteiger partial charge on any atom is -0.383 e. The standard InChI is InChI=1S/C20H31ClN6O3/c1-6-7-9-26-18(22)17(19(29)23-20(26)30)25(10-8-12(2)3)15(28)11-27-14(5)16(21)13(4)24-27/h12H,6-11,22H2,1-5H3,(H,23,29,30). The largest absolute Gasteiger partial charge is 0.383 e. The lowest BCUT2D eigenvalue weighted by Crippen LogP contribution is -2.43. The molecule has 9 nitrogen and oxygen atoms in total. The van der Waals surface area contributed by atoms with Gasteiger partial charge in [-0.2, -0.15) is 5.10 Å². The van der Waals surface area contributed by atoms with Crippen LogP contribution in [0.4, 0.5) is 11.5 Å². The quantitative estimate of drug-likeness (QED) is 0.623. The number of carbonyl (C=O) groups is 1. The summed E-state index contributed by atoms with van der Waals surface area (Å²) in [6, 6.07) is 0. The van der Waals surface area contributed by atoms with Gasteiger partial charge in [-0.3, -0.25) is 23.8 Å². The van der Waals surface area contributed by atoms with E-state index in [0.717, 1.165) is 12.8 Å². The first-order chi connectivity index (χ1) is 14.1. The lowest BCUT2D eigenvalue weighted by Gasteiger charge is -2.25. The molecule has 0 spiro atoms. The van der Waals surface area contributed by atoms with Crippen molar-refractivity contribution < 1.29 is 4.79 Å². The number of halogens is 1. The van der Waals surface area contributed by atoms with E-state index in [0.29, 0.717) is 41.8 Å². The van der Waals surface area contributed by atoms with Crippen LogP contribution in [0.5, 0.6) is 0 Å². The van der Waals surface area contributed by atoms with E-state index < -0.39 is 11.2 Å². The molecule has 0 atom stereocenters. The van der Waals surface area contributed by atoms with Crippen molar-refractivity contribution in [1.82, 2.24) is 19.3 Å². The molecule has 2 heterocycles. The number of hydrogen-bond donors (Lipinski definition) is 2. The topological polar surface area (TPSA) is 119 Å². The average molecular weight is 439 g/mol. The number of anilines is 2. The number of amides is 1. The van der Waals surface area contributed by atoms with Crippen LogP contribution in [0.1, 0.15) is 51.4 Å². The van der Waals surface area contributed by atoms with Crippen LogP contribution in [0.25, 0.3) is 0 Å². The summed E-state index contributed by atoms with van der Waals surface area (Å²) in [7, 11) is 0. The van der Waals surface area contributed by atoms with Crippen molar-refractivity contribution >= 4 is 29.0 Å². The van der Waals surface area contributed by atoms with Gasteiger partial charge in [0.05, 0.1) is 16.4 Å². The molecule has 0 saturated heterocycles. The van der Waals surface area contributed by atoms with Crippen molar-refractivity contribution in [3.8, 4) is 0 Å². The minimum absolute atomic E-state index is 0.000654. The lowest BCUT2D eigenvalue weighted by atomic mass is 10.1. The maximum absolute atomic E-state index is 13.2. The minimum atomic E-state index is -0.672. The maximum Gasteiger partial charge on any atom is 0.330 e. The number of H-pyrrole nitrogens is 1. The fourth-order valence-corrected chi connectivity index (χ4v) is 3.30. The Morgan fingerprint density at radius 3 is 2.50 bits per heavy atom. The Labute approximate surface area is 180 Å². The number of unbranched alkanes of at least 4 members (excludes halogenated alkanes) is 1. The number of nitrogen functional groups attached to an aromatic ring is 1. The number of aromatic amines is 1. The fourth-order valence-electron chi connectivity index (χ4n) is 3.17. The molecule has 0 saturated carbocycles. The van der Waals surface area contributed by atoms with E-state index in [-0.39, 0.29) is 24.0 Å². The van der Waals surface area contributed by atoms with E-state index in [1.165, 1.54) is 14.1 Å². The summed E-state index contributed by atoms with van der Waals surface area (Å²) in [5.74, 6) is -0.0498. The zero-order valence-corrected chi connectivity index (χ0v) is 19.0. The highest BCUT2D eigenvalue weighted by Gasteiger charge is 2.25. The third kappa shape index (κ3) is 5.13. The second-order valence-corrected chi connectivity index (χ2v) is 8.25. The van der Waals surface area contributed by atoms with Gasteiger partial charge in [0, 0.05) is 13.1 Å². The van der Waals surface area contributed by atoms with Crippen LogP contribution in [0, 0.1) is 19.8 Å². The molecule has 2 aromatic heterocycles. The van der Waals surface area contributed by atoms with Gasteiger partial charge in [0.25, 0.3) is 5.56 Å². The number of nitrogens with zero attached hydrogens (tertiary/aromatic N) is 4. The summed E-state index contributed by atoms with van der Waals surface area (Å²) in [5.41, 5.74) is 6.28. The number of nitrogens with two attached hydrogens (primary N) is 1. The number of hydrogen-bond acceptors (Lipinski definition) is 5. The third-order valence-electron chi connectivity index (χ3n) is 5.03. The molecular formula is C20H31ClN6O3. The molecule has 166 valence electrons. The summed E-state index contributed by atoms with van der Waals surface area (Å²) in [6.07, 6.45) is 2.24. The number of carbonyl (C=O) groups excluding carboxylic acids is 1. The van der Waals surface area contributed by atoms with Crippen LogP contribution in [-0.2, 0) is 17.9 Å². The van der Waals surface area contributed by atoms with Crippen molar-refractivity contribution in [3.63, 3.8) is 0 Å². The molecule has 30 heavy (non-hydrogen) atoms. The van der Waals surface area contributed by atoms with Gasteiger partial charge >= 0.3 is 5.69 Å². The van der Waals surface area contributed by atoms with Gasteiger partial charge in [-0.25, -0.2) is 4.79 Å². The van der Waals surface area contributed by atoms with Crippen molar-refractivity contribution in [1.29, 1.82) is 0 Å². The highest BCUT2D eigenvalue weighted by Crippen LogP contribution is 2.22. The molecule has 0 unspecified atom stereocenters. The van der Waals surface area contributed by atoms with E-state index in [9.17, 15) is 14.4 Å². The zero-order valence-electron chi connectivity index (χ0n) is 18.3. The summed E-state index contributed by atoms with van der Waals surface area (Å²) < 4.78 is 2.83. The Morgan fingerprint density at radius 2 is 1.97 bits per heavy atom. The van der Waals surface area contributed by atoms with Gasteiger partial charge in [-0.15, -0.1) is 0 Å². The molecule has 0 aliphatic rings. The number of rotatable bonds is 9. The van der Waals surface area contributed by atoms with Gasteiger partial charge < -0.3 is 10.6 Å². The molecule has 10 heteroatoms. The van der Waals surface area contributed by atoms with Gasteiger partial charge in [0.15, 0.2) is 5.69 Å². The second-order valence-electron chi connectivity index (χ2n) is 7.87. The number of nitrogens with one attached hydrogen (secondary N) is 1. The van der Waals surface area contributed by atoms with Crippen LogP contribution < -0.4 is 21.9 Å². The van der Waals surface area contributed by atoms with Gasteiger partial charge in [-0.05, 0) is 32.6 Å². The average Bonchev–Trinajstić information content (AvgIpc) is 2.90. The van der Waals surface area contributed by atoms with Crippen molar-refractivity contribution in [2.75, 3.05) is 17.2 Å². The van der Waals surface area contributed by atoms with E-state index in [1.807, 2.05) is 20.8 Å². The first-order valence-electron chi connectivity index (χ1n) is 10.2. The van der Waals surface area contributed by atoms with E-state index in [4.69, 9.17) is 17.3 Å². The zero-order chi connectivity index (χ0) is 22.6. The summed E-state index contributed by atoms with van der Waals surface area (Å²) in [5, 5.41) is 4.80. The van der Waals surface area contributed by atoms with Crippen LogP contribution in [0.2, 0.25) is 5.02 Å². The third-order valence-corrected chi connectivity index (χ3v) is 5.58. The smallest absolute Gasteiger partial charge is 0.330 e. The molecule has 0 fully saturated rings. The van der Waals surface area contributed by atoms with Crippen molar-refractivity contribution in [3.05, 3.63) is 37.2 Å². The van der Waals surface area contributed by atoms with E-state index in [2.05, 4.69) is 10.1 Å². The lowest BCUT2D eigenvalue weighted by molar-refractivity contribution is -0.119. The molecule has 3 N–H and O–H groups in total. The Balaban J connectivity index is 2.50. The first kappa shape index (κ1) is 23.7. The molecular weight excluding hydrogens is 408 g/mol. The Bertz CT molecular complexity index is 1020. The highest BCUT2D eigenvalue weighted by molar-refractivity contribution is 6.31. The number of aryl methyl sites for hydroxylation is 1. The summed E-state index contributed by atoms with van der Waals surface area (Å²) >= 11 is 6.20. The maximum atomic E-state index is 13.2.